The summed E-state index contributed by atoms with van der Waals surface area (Å²) >= 11 is 3.37. The van der Waals surface area contributed by atoms with Crippen molar-refractivity contribution in [2.45, 2.75) is 18.9 Å². The van der Waals surface area contributed by atoms with Crippen molar-refractivity contribution in [3.8, 4) is 0 Å². The SMILES string of the molecule is O=C(CN1CC2CCC(O)C2C1)Nc1ccc(Br)cc1. The maximum Gasteiger partial charge on any atom is 0.238 e. The average Bonchev–Trinajstić information content (AvgIpc) is 2.95. The number of rotatable bonds is 3. The second kappa shape index (κ2) is 5.84. The Morgan fingerprint density at radius 2 is 2.05 bits per heavy atom. The molecule has 2 fully saturated rings. The molecule has 1 saturated heterocycles. The Balaban J connectivity index is 1.51. The first-order valence-electron chi connectivity index (χ1n) is 7.07. The number of anilines is 1. The van der Waals surface area contributed by atoms with Gasteiger partial charge < -0.3 is 10.4 Å². The second-order valence-corrected chi connectivity index (χ2v) is 6.73. The first-order valence-corrected chi connectivity index (χ1v) is 7.87. The fourth-order valence-corrected chi connectivity index (χ4v) is 3.66. The van der Waals surface area contributed by atoms with E-state index < -0.39 is 0 Å². The molecule has 3 unspecified atom stereocenters. The maximum absolute atomic E-state index is 12.0. The molecule has 0 aromatic heterocycles. The lowest BCUT2D eigenvalue weighted by Crippen LogP contribution is -2.33. The predicted octanol–water partition coefficient (Wildman–Crippen LogP) is 2.09. The van der Waals surface area contributed by atoms with Gasteiger partial charge in [0.15, 0.2) is 0 Å². The number of hydrogen-bond acceptors (Lipinski definition) is 3. The minimum absolute atomic E-state index is 0.0155. The molecule has 1 aromatic carbocycles. The molecule has 108 valence electrons. The van der Waals surface area contributed by atoms with Crippen LogP contribution in [0.3, 0.4) is 0 Å². The van der Waals surface area contributed by atoms with Crippen LogP contribution in [-0.4, -0.2) is 41.7 Å². The summed E-state index contributed by atoms with van der Waals surface area (Å²) in [5.74, 6) is 0.961. The number of aliphatic hydroxyl groups is 1. The molecule has 1 heterocycles. The molecule has 1 aliphatic heterocycles. The third kappa shape index (κ3) is 3.05. The summed E-state index contributed by atoms with van der Waals surface area (Å²) in [6, 6.07) is 7.58. The molecule has 2 aliphatic rings. The molecule has 1 aliphatic carbocycles. The summed E-state index contributed by atoms with van der Waals surface area (Å²) in [6.07, 6.45) is 1.85. The van der Waals surface area contributed by atoms with Crippen LogP contribution in [0.4, 0.5) is 5.69 Å². The van der Waals surface area contributed by atoms with E-state index >= 15 is 0 Å². The standard InChI is InChI=1S/C15H19BrN2O2/c16-11-2-4-12(5-3-11)17-15(20)9-18-7-10-1-6-14(19)13(10)8-18/h2-5,10,13-14,19H,1,6-9H2,(H,17,20). The first kappa shape index (κ1) is 14.0. The van der Waals surface area contributed by atoms with E-state index in [0.29, 0.717) is 18.4 Å². The van der Waals surface area contributed by atoms with Crippen LogP contribution in [-0.2, 0) is 4.79 Å². The highest BCUT2D eigenvalue weighted by molar-refractivity contribution is 9.10. The monoisotopic (exact) mass is 338 g/mol. The molecular weight excluding hydrogens is 320 g/mol. The fraction of sp³-hybridized carbons (Fsp3) is 0.533. The number of hydrogen-bond donors (Lipinski definition) is 2. The molecule has 4 nitrogen and oxygen atoms in total. The molecule has 0 radical (unpaired) electrons. The Hall–Kier alpha value is -0.910. The summed E-state index contributed by atoms with van der Waals surface area (Å²) < 4.78 is 0.997. The second-order valence-electron chi connectivity index (χ2n) is 5.82. The molecule has 0 spiro atoms. The predicted molar refractivity (Wildman–Crippen MR) is 81.4 cm³/mol. The van der Waals surface area contributed by atoms with Gasteiger partial charge in [0.25, 0.3) is 0 Å². The zero-order chi connectivity index (χ0) is 14.1. The number of benzene rings is 1. The topological polar surface area (TPSA) is 52.6 Å². The third-order valence-corrected chi connectivity index (χ3v) is 4.92. The van der Waals surface area contributed by atoms with Crippen LogP contribution in [0.15, 0.2) is 28.7 Å². The van der Waals surface area contributed by atoms with Crippen molar-refractivity contribution >= 4 is 27.5 Å². The van der Waals surface area contributed by atoms with Gasteiger partial charge in [0.2, 0.25) is 5.91 Å². The molecule has 1 aromatic rings. The molecular formula is C15H19BrN2O2. The average molecular weight is 339 g/mol. The van der Waals surface area contributed by atoms with E-state index in [-0.39, 0.29) is 12.0 Å². The maximum atomic E-state index is 12.0. The van der Waals surface area contributed by atoms with Crippen molar-refractivity contribution in [3.05, 3.63) is 28.7 Å². The number of carbonyl (C=O) groups is 1. The molecule has 3 rings (SSSR count). The van der Waals surface area contributed by atoms with E-state index in [4.69, 9.17) is 0 Å². The van der Waals surface area contributed by atoms with Crippen LogP contribution in [0.1, 0.15) is 12.8 Å². The Morgan fingerprint density at radius 3 is 2.75 bits per heavy atom. The minimum Gasteiger partial charge on any atom is -0.393 e. The van der Waals surface area contributed by atoms with Crippen LogP contribution in [0.25, 0.3) is 0 Å². The van der Waals surface area contributed by atoms with Crippen LogP contribution in [0.2, 0.25) is 0 Å². The van der Waals surface area contributed by atoms with E-state index in [1.54, 1.807) is 0 Å². The van der Waals surface area contributed by atoms with Crippen LogP contribution < -0.4 is 5.32 Å². The molecule has 0 bridgehead atoms. The highest BCUT2D eigenvalue weighted by Crippen LogP contribution is 2.37. The highest BCUT2D eigenvalue weighted by atomic mass is 79.9. The zero-order valence-electron chi connectivity index (χ0n) is 11.3. The van der Waals surface area contributed by atoms with E-state index in [2.05, 4.69) is 26.1 Å². The van der Waals surface area contributed by atoms with E-state index in [1.807, 2.05) is 24.3 Å². The van der Waals surface area contributed by atoms with Gasteiger partial charge in [0.1, 0.15) is 0 Å². The van der Waals surface area contributed by atoms with Crippen LogP contribution >= 0.6 is 15.9 Å². The van der Waals surface area contributed by atoms with E-state index in [0.717, 1.165) is 36.1 Å². The Kier molecular flexibility index (Phi) is 4.10. The molecule has 2 N–H and O–H groups in total. The van der Waals surface area contributed by atoms with Crippen LogP contribution in [0, 0.1) is 11.8 Å². The number of carbonyl (C=O) groups excluding carboxylic acids is 1. The normalized spacial score (nSPS) is 29.4. The Labute approximate surface area is 127 Å². The smallest absolute Gasteiger partial charge is 0.238 e. The number of amides is 1. The van der Waals surface area contributed by atoms with Crippen molar-refractivity contribution in [1.82, 2.24) is 4.90 Å². The summed E-state index contributed by atoms with van der Waals surface area (Å²) in [4.78, 5) is 14.2. The molecule has 20 heavy (non-hydrogen) atoms. The van der Waals surface area contributed by atoms with Crippen molar-refractivity contribution < 1.29 is 9.90 Å². The van der Waals surface area contributed by atoms with Crippen LogP contribution in [0.5, 0.6) is 0 Å². The fourth-order valence-electron chi connectivity index (χ4n) is 3.39. The van der Waals surface area contributed by atoms with Crippen molar-refractivity contribution in [2.75, 3.05) is 25.0 Å². The van der Waals surface area contributed by atoms with Gasteiger partial charge in [-0.25, -0.2) is 0 Å². The number of fused-ring (bicyclic) bond motifs is 1. The molecule has 3 atom stereocenters. The van der Waals surface area contributed by atoms with Crippen molar-refractivity contribution in [1.29, 1.82) is 0 Å². The van der Waals surface area contributed by atoms with Crippen molar-refractivity contribution in [3.63, 3.8) is 0 Å². The van der Waals surface area contributed by atoms with E-state index in [1.165, 1.54) is 0 Å². The Morgan fingerprint density at radius 1 is 1.30 bits per heavy atom. The summed E-state index contributed by atoms with van der Waals surface area (Å²) in [5.41, 5.74) is 0.817. The molecule has 5 heteroatoms. The lowest BCUT2D eigenvalue weighted by Gasteiger charge is -2.17. The van der Waals surface area contributed by atoms with Crippen molar-refractivity contribution in [2.24, 2.45) is 11.8 Å². The lowest BCUT2D eigenvalue weighted by atomic mass is 10.00. The number of aliphatic hydroxyl groups excluding tert-OH is 1. The third-order valence-electron chi connectivity index (χ3n) is 4.39. The molecule has 1 amide bonds. The number of nitrogens with zero attached hydrogens (tertiary/aromatic N) is 1. The minimum atomic E-state index is -0.167. The summed E-state index contributed by atoms with van der Waals surface area (Å²) in [5, 5.41) is 12.8. The Bertz CT molecular complexity index is 491. The van der Waals surface area contributed by atoms with Gasteiger partial charge in [-0.1, -0.05) is 15.9 Å². The number of likely N-dealkylation sites (tertiary alicyclic amines) is 1. The largest absolute Gasteiger partial charge is 0.393 e. The quantitative estimate of drug-likeness (QED) is 0.887. The summed E-state index contributed by atoms with van der Waals surface area (Å²) in [6.45, 7) is 2.20. The lowest BCUT2D eigenvalue weighted by molar-refractivity contribution is -0.117. The molecule has 1 saturated carbocycles. The van der Waals surface area contributed by atoms with Gasteiger partial charge >= 0.3 is 0 Å². The highest BCUT2D eigenvalue weighted by Gasteiger charge is 2.41. The first-order chi connectivity index (χ1) is 9.61. The van der Waals surface area contributed by atoms with E-state index in [9.17, 15) is 9.90 Å². The van der Waals surface area contributed by atoms with Gasteiger partial charge in [-0.2, -0.15) is 0 Å². The van der Waals surface area contributed by atoms with Gasteiger partial charge in [0.05, 0.1) is 12.6 Å². The summed E-state index contributed by atoms with van der Waals surface area (Å²) in [7, 11) is 0. The van der Waals surface area contributed by atoms with Gasteiger partial charge in [0, 0.05) is 29.2 Å². The number of nitrogens with one attached hydrogen (secondary N) is 1. The van der Waals surface area contributed by atoms with Gasteiger partial charge in [-0.05, 0) is 43.0 Å². The van der Waals surface area contributed by atoms with Gasteiger partial charge in [-0.15, -0.1) is 0 Å². The van der Waals surface area contributed by atoms with Gasteiger partial charge in [-0.3, -0.25) is 9.69 Å². The number of halogens is 1. The zero-order valence-corrected chi connectivity index (χ0v) is 12.8.